The van der Waals surface area contributed by atoms with Crippen molar-refractivity contribution in [2.75, 3.05) is 13.1 Å². The second kappa shape index (κ2) is 7.45. The van der Waals surface area contributed by atoms with Crippen molar-refractivity contribution in [3.05, 3.63) is 53.9 Å². The van der Waals surface area contributed by atoms with Crippen LogP contribution in [0.2, 0.25) is 0 Å². The number of aromatic nitrogens is 2. The maximum absolute atomic E-state index is 11.7. The second-order valence-corrected chi connectivity index (χ2v) is 4.64. The van der Waals surface area contributed by atoms with Gasteiger partial charge in [-0.25, -0.2) is 0 Å². The number of nitrogens with zero attached hydrogens (tertiary/aromatic N) is 2. The Morgan fingerprint density at radius 3 is 2.75 bits per heavy atom. The minimum absolute atomic E-state index is 0.0128. The molecular weight excluding hydrogens is 252 g/mol. The Hall–Kier alpha value is -2.14. The van der Waals surface area contributed by atoms with Gasteiger partial charge in [0.1, 0.15) is 0 Å². The van der Waals surface area contributed by atoms with Gasteiger partial charge in [0.25, 0.3) is 0 Å². The van der Waals surface area contributed by atoms with Gasteiger partial charge < -0.3 is 10.6 Å². The molecule has 2 aromatic rings. The Bertz CT molecular complexity index is 536. The van der Waals surface area contributed by atoms with E-state index in [0.717, 1.165) is 24.2 Å². The van der Waals surface area contributed by atoms with E-state index < -0.39 is 0 Å². The molecule has 0 atom stereocenters. The Morgan fingerprint density at radius 2 is 2.05 bits per heavy atom. The average molecular weight is 272 g/mol. The predicted octanol–water partition coefficient (Wildman–Crippen LogP) is 0.869. The van der Waals surface area contributed by atoms with Crippen LogP contribution in [0, 0.1) is 0 Å². The lowest BCUT2D eigenvalue weighted by Gasteiger charge is -2.07. The summed E-state index contributed by atoms with van der Waals surface area (Å²) in [6.45, 7) is 1.67. The molecule has 1 amide bonds. The first-order valence-electron chi connectivity index (χ1n) is 6.74. The standard InChI is InChI=1S/C15H20N4O/c1-19-14(8-10-18-19)7-9-16-12-15(20)17-11-13-5-3-2-4-6-13/h2-6,8,10,16H,7,9,11-12H2,1H3,(H,17,20). The van der Waals surface area contributed by atoms with E-state index in [1.165, 1.54) is 0 Å². The lowest BCUT2D eigenvalue weighted by Crippen LogP contribution is -2.34. The van der Waals surface area contributed by atoms with Crippen molar-refractivity contribution >= 4 is 5.91 Å². The fourth-order valence-electron chi connectivity index (χ4n) is 1.92. The van der Waals surface area contributed by atoms with E-state index in [0.29, 0.717) is 13.1 Å². The van der Waals surface area contributed by atoms with Gasteiger partial charge in [-0.1, -0.05) is 30.3 Å². The van der Waals surface area contributed by atoms with E-state index in [2.05, 4.69) is 15.7 Å². The maximum Gasteiger partial charge on any atom is 0.234 e. The highest BCUT2D eigenvalue weighted by atomic mass is 16.1. The first kappa shape index (κ1) is 14.3. The summed E-state index contributed by atoms with van der Waals surface area (Å²) in [5, 5.41) is 10.1. The topological polar surface area (TPSA) is 59.0 Å². The van der Waals surface area contributed by atoms with Crippen molar-refractivity contribution in [3.63, 3.8) is 0 Å². The largest absolute Gasteiger partial charge is 0.351 e. The van der Waals surface area contributed by atoms with Crippen molar-refractivity contribution in [3.8, 4) is 0 Å². The third-order valence-electron chi connectivity index (χ3n) is 3.10. The Morgan fingerprint density at radius 1 is 1.25 bits per heavy atom. The Kier molecular flexibility index (Phi) is 5.32. The van der Waals surface area contributed by atoms with Crippen molar-refractivity contribution < 1.29 is 4.79 Å². The van der Waals surface area contributed by atoms with Gasteiger partial charge in [-0.15, -0.1) is 0 Å². The van der Waals surface area contributed by atoms with Crippen molar-refractivity contribution in [1.82, 2.24) is 20.4 Å². The predicted molar refractivity (Wildman–Crippen MR) is 78.1 cm³/mol. The maximum atomic E-state index is 11.7. The molecule has 0 unspecified atom stereocenters. The summed E-state index contributed by atoms with van der Waals surface area (Å²) in [5.74, 6) is 0.0128. The third kappa shape index (κ3) is 4.51. The second-order valence-electron chi connectivity index (χ2n) is 4.64. The monoisotopic (exact) mass is 272 g/mol. The molecule has 1 aromatic carbocycles. The first-order valence-corrected chi connectivity index (χ1v) is 6.74. The number of amides is 1. The van der Waals surface area contributed by atoms with Crippen molar-refractivity contribution in [1.29, 1.82) is 0 Å². The van der Waals surface area contributed by atoms with E-state index in [4.69, 9.17) is 0 Å². The van der Waals surface area contributed by atoms with Crippen LogP contribution in [0.3, 0.4) is 0 Å². The minimum atomic E-state index is 0.0128. The highest BCUT2D eigenvalue weighted by molar-refractivity contribution is 5.77. The number of carbonyl (C=O) groups is 1. The third-order valence-corrected chi connectivity index (χ3v) is 3.10. The summed E-state index contributed by atoms with van der Waals surface area (Å²) in [6.07, 6.45) is 2.64. The normalized spacial score (nSPS) is 10.4. The van der Waals surface area contributed by atoms with Gasteiger partial charge in [-0.2, -0.15) is 5.10 Å². The zero-order valence-corrected chi connectivity index (χ0v) is 11.7. The number of benzene rings is 1. The zero-order chi connectivity index (χ0) is 14.2. The number of nitrogens with one attached hydrogen (secondary N) is 2. The SMILES string of the molecule is Cn1nccc1CCNCC(=O)NCc1ccccc1. The van der Waals surface area contributed by atoms with Crippen LogP contribution in [0.1, 0.15) is 11.3 Å². The number of carbonyl (C=O) groups excluding carboxylic acids is 1. The summed E-state index contributed by atoms with van der Waals surface area (Å²) in [4.78, 5) is 11.7. The molecule has 0 bridgehead atoms. The molecule has 0 aliphatic carbocycles. The van der Waals surface area contributed by atoms with Gasteiger partial charge in [0.2, 0.25) is 5.91 Å². The summed E-state index contributed by atoms with van der Waals surface area (Å²) in [6, 6.07) is 11.9. The van der Waals surface area contributed by atoms with Crippen molar-refractivity contribution in [2.45, 2.75) is 13.0 Å². The molecule has 0 saturated carbocycles. The smallest absolute Gasteiger partial charge is 0.234 e. The number of aryl methyl sites for hydroxylation is 1. The molecule has 0 aliphatic heterocycles. The van der Waals surface area contributed by atoms with Gasteiger partial charge in [0.15, 0.2) is 0 Å². The highest BCUT2D eigenvalue weighted by Crippen LogP contribution is 1.97. The van der Waals surface area contributed by atoms with E-state index in [-0.39, 0.29) is 5.91 Å². The molecule has 106 valence electrons. The van der Waals surface area contributed by atoms with Gasteiger partial charge in [-0.05, 0) is 11.6 Å². The first-order chi connectivity index (χ1) is 9.75. The summed E-state index contributed by atoms with van der Waals surface area (Å²) in [5.41, 5.74) is 2.26. The molecule has 1 heterocycles. The highest BCUT2D eigenvalue weighted by Gasteiger charge is 2.02. The molecule has 0 radical (unpaired) electrons. The number of hydrogen-bond donors (Lipinski definition) is 2. The van der Waals surface area contributed by atoms with Crippen LogP contribution in [-0.4, -0.2) is 28.8 Å². The van der Waals surface area contributed by atoms with Crippen LogP contribution in [0.15, 0.2) is 42.6 Å². The van der Waals surface area contributed by atoms with Crippen LogP contribution >= 0.6 is 0 Å². The Labute approximate surface area is 119 Å². The average Bonchev–Trinajstić information content (AvgIpc) is 2.88. The fourth-order valence-corrected chi connectivity index (χ4v) is 1.92. The molecule has 0 spiro atoms. The molecule has 0 fully saturated rings. The molecule has 2 N–H and O–H groups in total. The molecule has 2 rings (SSSR count). The van der Waals surface area contributed by atoms with Crippen LogP contribution < -0.4 is 10.6 Å². The van der Waals surface area contributed by atoms with Crippen LogP contribution in [0.25, 0.3) is 0 Å². The van der Waals surface area contributed by atoms with E-state index in [1.807, 2.05) is 48.1 Å². The van der Waals surface area contributed by atoms with E-state index in [1.54, 1.807) is 6.20 Å². The van der Waals surface area contributed by atoms with E-state index >= 15 is 0 Å². The van der Waals surface area contributed by atoms with Crippen molar-refractivity contribution in [2.24, 2.45) is 7.05 Å². The lowest BCUT2D eigenvalue weighted by atomic mass is 10.2. The number of hydrogen-bond acceptors (Lipinski definition) is 3. The molecule has 5 nitrogen and oxygen atoms in total. The Balaban J connectivity index is 1.60. The molecule has 5 heteroatoms. The molecule has 0 saturated heterocycles. The van der Waals surface area contributed by atoms with Gasteiger partial charge in [0.05, 0.1) is 6.54 Å². The fraction of sp³-hybridized carbons (Fsp3) is 0.333. The van der Waals surface area contributed by atoms with Crippen LogP contribution in [0.4, 0.5) is 0 Å². The molecule has 0 aliphatic rings. The molecule has 20 heavy (non-hydrogen) atoms. The lowest BCUT2D eigenvalue weighted by molar-refractivity contribution is -0.120. The summed E-state index contributed by atoms with van der Waals surface area (Å²) < 4.78 is 1.84. The summed E-state index contributed by atoms with van der Waals surface area (Å²) in [7, 11) is 1.92. The molecule has 1 aromatic heterocycles. The number of rotatable bonds is 7. The minimum Gasteiger partial charge on any atom is -0.351 e. The summed E-state index contributed by atoms with van der Waals surface area (Å²) >= 11 is 0. The molecular formula is C15H20N4O. The van der Waals surface area contributed by atoms with Gasteiger partial charge in [0, 0.05) is 38.4 Å². The quantitative estimate of drug-likeness (QED) is 0.735. The van der Waals surface area contributed by atoms with Gasteiger partial charge >= 0.3 is 0 Å². The van der Waals surface area contributed by atoms with Gasteiger partial charge in [-0.3, -0.25) is 9.48 Å². The van der Waals surface area contributed by atoms with E-state index in [9.17, 15) is 4.79 Å². The zero-order valence-electron chi connectivity index (χ0n) is 11.7. The van der Waals surface area contributed by atoms with Crippen LogP contribution in [0.5, 0.6) is 0 Å². The van der Waals surface area contributed by atoms with Crippen LogP contribution in [-0.2, 0) is 24.8 Å².